The summed E-state index contributed by atoms with van der Waals surface area (Å²) in [5.74, 6) is -352. The van der Waals surface area contributed by atoms with Gasteiger partial charge in [0.2, 0.25) is 0 Å². The van der Waals surface area contributed by atoms with Gasteiger partial charge in [-0.25, -0.2) is 9.59 Å². The minimum absolute atomic E-state index is 0.0317. The third-order valence-corrected chi connectivity index (χ3v) is 16.5. The molecule has 128 heavy (non-hydrogen) atoms. The highest BCUT2D eigenvalue weighted by Crippen LogP contribution is 2.75. The Bertz CT molecular complexity index is 3880. The number of esters is 2. The number of carbonyl (C=O) groups is 2. The maximum atomic E-state index is 14.9. The van der Waals surface area contributed by atoms with E-state index in [-0.39, 0.29) is 24.3 Å². The summed E-state index contributed by atoms with van der Waals surface area (Å²) in [7, 11) is 0. The monoisotopic (exact) mass is 2090 g/mol. The van der Waals surface area contributed by atoms with Gasteiger partial charge in [0.25, 0.3) is 0 Å². The average molecular weight is 2090 g/mol. The Morgan fingerprint density at radius 3 is 0.375 bits per heavy atom. The summed E-state index contributed by atoms with van der Waals surface area (Å²) >= 11 is 0. The minimum atomic E-state index is -10.8. The summed E-state index contributed by atoms with van der Waals surface area (Å²) in [6, 6.07) is -0.670. The van der Waals surface area contributed by atoms with Crippen LogP contribution < -0.4 is 0 Å². The Balaban J connectivity index is 3.92. The molecule has 0 aliphatic rings. The lowest BCUT2D eigenvalue weighted by Gasteiger charge is -2.47. The fourth-order valence-corrected chi connectivity index (χ4v) is 8.73. The zero-order valence-electron chi connectivity index (χ0n) is 56.5. The lowest BCUT2D eigenvalue weighted by atomic mass is 9.82. The molecule has 1 aromatic rings. The second-order valence-electron chi connectivity index (χ2n) is 25.2. The molecule has 1 rings (SSSR count). The summed E-state index contributed by atoms with van der Waals surface area (Å²) < 4.78 is 1050. The van der Waals surface area contributed by atoms with Crippen molar-refractivity contribution in [2.24, 2.45) is 0 Å². The van der Waals surface area contributed by atoms with Gasteiger partial charge >= 0.3 is 226 Å². The zero-order valence-corrected chi connectivity index (χ0v) is 56.5. The maximum Gasteiger partial charge on any atom is 0.460 e. The van der Waals surface area contributed by atoms with E-state index in [2.05, 4.69) is 9.47 Å². The fourth-order valence-electron chi connectivity index (χ4n) is 8.73. The molecule has 0 radical (unpaired) electrons. The summed E-state index contributed by atoms with van der Waals surface area (Å²) in [6.45, 7) is -1.48. The topological polar surface area (TPSA) is 52.6 Å². The van der Waals surface area contributed by atoms with Gasteiger partial charge in [-0.2, -0.15) is 325 Å². The first-order valence-electron chi connectivity index (χ1n) is 28.8. The van der Waals surface area contributed by atoms with Gasteiger partial charge in [-0.1, -0.05) is 12.1 Å². The van der Waals surface area contributed by atoms with Gasteiger partial charge in [-0.15, -0.1) is 0 Å². The summed E-state index contributed by atoms with van der Waals surface area (Å²) in [4.78, 5) is 25.5. The molecule has 0 aliphatic heterocycles. The zero-order chi connectivity index (χ0) is 105. The van der Waals surface area contributed by atoms with Crippen LogP contribution in [-0.2, 0) is 9.47 Å². The Morgan fingerprint density at radius 1 is 0.180 bits per heavy atom. The van der Waals surface area contributed by atoms with Crippen LogP contribution in [0.2, 0.25) is 0 Å². The summed E-state index contributed by atoms with van der Waals surface area (Å²) in [5.41, 5.74) is -4.53. The first kappa shape index (κ1) is 119. The summed E-state index contributed by atoms with van der Waals surface area (Å²) in [6.07, 6.45) is -33.8. The Morgan fingerprint density at radius 2 is 0.273 bits per heavy atom. The predicted octanol–water partition coefficient (Wildman–Crippen LogP) is 26.3. The molecular formula is C50H16F74O4. The van der Waals surface area contributed by atoms with Crippen molar-refractivity contribution < 1.29 is 344 Å². The van der Waals surface area contributed by atoms with E-state index in [0.29, 0.717) is 0 Å². The molecule has 0 N–H and O–H groups in total. The van der Waals surface area contributed by atoms with Gasteiger partial charge in [-0.3, -0.25) is 0 Å². The van der Waals surface area contributed by atoms with Crippen molar-refractivity contribution in [3.63, 3.8) is 0 Å². The number of carbonyl (C=O) groups excluding carboxylic acids is 2. The van der Waals surface area contributed by atoms with Crippen LogP contribution in [0.25, 0.3) is 0 Å². The third-order valence-electron chi connectivity index (χ3n) is 16.5. The molecule has 758 valence electrons. The van der Waals surface area contributed by atoms with E-state index in [4.69, 9.17) is 0 Å². The number of halogens is 74. The number of hydrogen-bond donors (Lipinski definition) is 0. The predicted molar refractivity (Wildman–Crippen MR) is 246 cm³/mol. The standard InChI is InChI=1S/C50H16F74O4/c1-9(7-15(51,52)17(55,56)19(59,60)21(63,64)23(67,68)25(71,72)27(75,76)29(79,80)31(83,84)33(87,88)35(91,92)37(95,96)39(99,100)41(103,104)43(107,108)45(111,112)47(115,116)49(119,120)121)127-13(125)11-5-3-4-6-12(11)14(126)128-10(2)8-16(53,54)18(57,58)20(61,62)22(65,66)24(69,70)26(73,74)28(77,78)30(81,82)32(85,86)34(89,90)36(93,94)38(97,98)40(101,102)42(105,106)44(109,110)46(113,114)48(117,118)50(122,123)124/h3-6,9-10H,7-8H2,1-2H3. The van der Waals surface area contributed by atoms with Crippen molar-refractivity contribution in [2.45, 2.75) is 253 Å². The number of rotatable bonds is 40. The Kier molecular flexibility index (Phi) is 28.6. The van der Waals surface area contributed by atoms with Crippen molar-refractivity contribution in [3.8, 4) is 0 Å². The minimum Gasteiger partial charge on any atom is -0.459 e. The SMILES string of the molecule is CC(CC(F)(F)C(F)(F)C(F)(F)C(F)(F)C(F)(F)C(F)(F)C(F)(F)C(F)(F)C(F)(F)C(F)(F)C(F)(F)C(F)(F)C(F)(F)C(F)(F)C(F)(F)C(F)(F)C(F)(F)C(F)(F)F)OC(=O)c1ccccc1C(=O)OC(C)CC(F)(F)C(F)(F)C(F)(F)C(F)(F)C(F)(F)C(F)(F)C(F)(F)C(F)(F)C(F)(F)C(F)(F)C(F)(F)C(F)(F)C(F)(F)C(F)(F)C(F)(F)C(F)(F)C(F)(F)C(F)(F)F. The van der Waals surface area contributed by atoms with Crippen molar-refractivity contribution in [1.29, 1.82) is 0 Å². The molecule has 0 saturated heterocycles. The van der Waals surface area contributed by atoms with Crippen LogP contribution in [0.15, 0.2) is 24.3 Å². The quantitative estimate of drug-likeness (QED) is 0.0485. The molecule has 0 heterocycles. The average Bonchev–Trinajstić information content (AvgIpc) is 0.669. The molecule has 78 heteroatoms. The normalized spacial score (nSPS) is 17.3. The van der Waals surface area contributed by atoms with E-state index >= 15 is 0 Å². The van der Waals surface area contributed by atoms with Crippen LogP contribution in [0.3, 0.4) is 0 Å². The molecule has 1 aromatic carbocycles. The second kappa shape index (κ2) is 30.8. The number of alkyl halides is 74. The first-order chi connectivity index (χ1) is 54.3. The van der Waals surface area contributed by atoms with Gasteiger partial charge in [0.15, 0.2) is 0 Å². The van der Waals surface area contributed by atoms with Gasteiger partial charge in [0.1, 0.15) is 12.2 Å². The molecule has 2 atom stereocenters. The van der Waals surface area contributed by atoms with Crippen LogP contribution in [-0.4, -0.2) is 238 Å². The molecule has 4 nitrogen and oxygen atoms in total. The van der Waals surface area contributed by atoms with Crippen molar-refractivity contribution in [1.82, 2.24) is 0 Å². The largest absolute Gasteiger partial charge is 0.460 e. The summed E-state index contributed by atoms with van der Waals surface area (Å²) in [5, 5.41) is 0. The lowest BCUT2D eigenvalue weighted by Crippen LogP contribution is -2.80. The second-order valence-corrected chi connectivity index (χ2v) is 25.2. The van der Waals surface area contributed by atoms with Gasteiger partial charge in [0.05, 0.1) is 24.0 Å². The van der Waals surface area contributed by atoms with E-state index in [1.165, 1.54) is 0 Å². The van der Waals surface area contributed by atoms with Crippen molar-refractivity contribution in [2.75, 3.05) is 0 Å². The van der Waals surface area contributed by atoms with Crippen LogP contribution >= 0.6 is 0 Å². The highest BCUT2D eigenvalue weighted by molar-refractivity contribution is 6.03. The van der Waals surface area contributed by atoms with Crippen LogP contribution in [0.4, 0.5) is 325 Å². The lowest BCUT2D eigenvalue weighted by molar-refractivity contribution is -0.493. The van der Waals surface area contributed by atoms with Crippen LogP contribution in [0.5, 0.6) is 0 Å². The Labute approximate surface area is 644 Å². The fraction of sp³-hybridized carbons (Fsp3) is 0.840. The molecule has 0 aromatic heterocycles. The first-order valence-corrected chi connectivity index (χ1v) is 28.8. The van der Waals surface area contributed by atoms with Crippen LogP contribution in [0, 0.1) is 0 Å². The molecule has 0 amide bonds. The number of benzene rings is 1. The molecule has 0 bridgehead atoms. The van der Waals surface area contributed by atoms with Crippen LogP contribution in [0.1, 0.15) is 47.4 Å². The van der Waals surface area contributed by atoms with Gasteiger partial charge in [0, 0.05) is 0 Å². The molecule has 0 aliphatic carbocycles. The van der Waals surface area contributed by atoms with Gasteiger partial charge < -0.3 is 9.47 Å². The third kappa shape index (κ3) is 14.7. The number of hydrogen-bond acceptors (Lipinski definition) is 4. The van der Waals surface area contributed by atoms with Crippen molar-refractivity contribution >= 4 is 11.9 Å². The number of ether oxygens (including phenoxy) is 2. The van der Waals surface area contributed by atoms with E-state index in [1.807, 2.05) is 0 Å². The molecule has 0 spiro atoms. The van der Waals surface area contributed by atoms with E-state index in [1.54, 1.807) is 0 Å². The van der Waals surface area contributed by atoms with E-state index in [9.17, 15) is 334 Å². The van der Waals surface area contributed by atoms with E-state index in [0.717, 1.165) is 0 Å². The smallest absolute Gasteiger partial charge is 0.459 e. The molecule has 0 fully saturated rings. The molecule has 2 unspecified atom stereocenters. The highest BCUT2D eigenvalue weighted by atomic mass is 19.5. The highest BCUT2D eigenvalue weighted by Gasteiger charge is 3.06. The molecule has 0 saturated carbocycles. The van der Waals surface area contributed by atoms with Gasteiger partial charge in [-0.05, 0) is 26.0 Å². The van der Waals surface area contributed by atoms with Crippen molar-refractivity contribution in [3.05, 3.63) is 35.4 Å². The van der Waals surface area contributed by atoms with E-state index < -0.39 is 276 Å². The molecular weight excluding hydrogens is 2070 g/mol. The maximum absolute atomic E-state index is 14.9. The Hall–Kier alpha value is -7.02.